The van der Waals surface area contributed by atoms with E-state index in [4.69, 9.17) is 11.2 Å². The van der Waals surface area contributed by atoms with Crippen LogP contribution in [0.3, 0.4) is 0 Å². The molecule has 0 aliphatic heterocycles. The number of aromatic nitrogens is 1. The number of thiazole rings is 1. The quantitative estimate of drug-likeness (QED) is 0.441. The molecule has 0 saturated carbocycles. The number of fused-ring (bicyclic) bond motifs is 1. The van der Waals surface area contributed by atoms with Crippen molar-refractivity contribution in [1.29, 1.82) is 0 Å². The van der Waals surface area contributed by atoms with Gasteiger partial charge in [0.2, 0.25) is 5.91 Å². The van der Waals surface area contributed by atoms with Crippen LogP contribution in [0.1, 0.15) is 13.3 Å². The average Bonchev–Trinajstić information content (AvgIpc) is 3.00. The number of rotatable bonds is 7. The minimum atomic E-state index is -0.138. The average molecular weight is 397 g/mol. The van der Waals surface area contributed by atoms with Crippen molar-refractivity contribution in [3.8, 4) is 18.1 Å². The van der Waals surface area contributed by atoms with Gasteiger partial charge in [-0.25, -0.2) is 0 Å². The summed E-state index contributed by atoms with van der Waals surface area (Å²) in [4.78, 5) is 18.4. The number of terminal acetylenes is 1. The Labute approximate surface area is 166 Å². The van der Waals surface area contributed by atoms with Crippen molar-refractivity contribution in [3.63, 3.8) is 0 Å². The normalized spacial score (nSPS) is 11.5. The Morgan fingerprint density at radius 3 is 2.85 bits per heavy atom. The molecule has 0 aliphatic carbocycles. The van der Waals surface area contributed by atoms with Crippen molar-refractivity contribution in [2.75, 3.05) is 12.4 Å². The number of ether oxygens (including phenoxy) is 1. The van der Waals surface area contributed by atoms with E-state index in [1.54, 1.807) is 11.8 Å². The number of hydrogen-bond donors (Lipinski definition) is 0. The number of carbonyl (C=O) groups is 1. The zero-order valence-electron chi connectivity index (χ0n) is 15.1. The first-order valence-corrected chi connectivity index (χ1v) is 10.5. The lowest BCUT2D eigenvalue weighted by Gasteiger charge is -2.03. The Kier molecular flexibility index (Phi) is 6.74. The molecule has 6 heteroatoms. The maximum atomic E-state index is 12.3. The van der Waals surface area contributed by atoms with E-state index in [0.717, 1.165) is 20.9 Å². The van der Waals surface area contributed by atoms with Gasteiger partial charge in [0.05, 0.1) is 23.4 Å². The second-order valence-electron chi connectivity index (χ2n) is 5.65. The van der Waals surface area contributed by atoms with Crippen LogP contribution in [-0.2, 0) is 11.3 Å². The van der Waals surface area contributed by atoms with Gasteiger partial charge in [-0.2, -0.15) is 4.99 Å². The van der Waals surface area contributed by atoms with Gasteiger partial charge in [0.15, 0.2) is 4.80 Å². The Balaban J connectivity index is 1.79. The molecular formula is C21H20N2O2S2. The Morgan fingerprint density at radius 1 is 1.30 bits per heavy atom. The third kappa shape index (κ3) is 5.03. The maximum Gasteiger partial charge on any atom is 0.249 e. The molecule has 0 atom stereocenters. The monoisotopic (exact) mass is 396 g/mol. The predicted molar refractivity (Wildman–Crippen MR) is 112 cm³/mol. The molecule has 0 aliphatic rings. The summed E-state index contributed by atoms with van der Waals surface area (Å²) >= 11 is 3.11. The van der Waals surface area contributed by atoms with E-state index in [-0.39, 0.29) is 5.91 Å². The highest BCUT2D eigenvalue weighted by Gasteiger charge is 2.09. The van der Waals surface area contributed by atoms with E-state index >= 15 is 0 Å². The minimum Gasteiger partial charge on any atom is -0.494 e. The van der Waals surface area contributed by atoms with Crippen LogP contribution in [0, 0.1) is 12.3 Å². The summed E-state index contributed by atoms with van der Waals surface area (Å²) < 4.78 is 8.46. The molecule has 1 aromatic heterocycles. The summed E-state index contributed by atoms with van der Waals surface area (Å²) in [6, 6.07) is 15.9. The molecule has 0 N–H and O–H groups in total. The molecule has 3 rings (SSSR count). The fourth-order valence-corrected chi connectivity index (χ4v) is 4.51. The molecule has 4 nitrogen and oxygen atoms in total. The predicted octanol–water partition coefficient (Wildman–Crippen LogP) is 4.34. The molecule has 138 valence electrons. The van der Waals surface area contributed by atoms with Crippen LogP contribution in [0.5, 0.6) is 5.75 Å². The maximum absolute atomic E-state index is 12.3. The van der Waals surface area contributed by atoms with E-state index in [1.165, 1.54) is 11.3 Å². The molecule has 27 heavy (non-hydrogen) atoms. The van der Waals surface area contributed by atoms with Crippen LogP contribution in [0.2, 0.25) is 0 Å². The fraction of sp³-hybridized carbons (Fsp3) is 0.238. The second kappa shape index (κ2) is 9.45. The molecule has 0 saturated heterocycles. The van der Waals surface area contributed by atoms with Crippen molar-refractivity contribution in [2.45, 2.75) is 24.8 Å². The second-order valence-corrected chi connectivity index (χ2v) is 7.83. The van der Waals surface area contributed by atoms with Gasteiger partial charge in [-0.1, -0.05) is 35.5 Å². The highest BCUT2D eigenvalue weighted by Crippen LogP contribution is 2.23. The zero-order chi connectivity index (χ0) is 19.1. The summed E-state index contributed by atoms with van der Waals surface area (Å²) in [5.41, 5.74) is 0.964. The van der Waals surface area contributed by atoms with Gasteiger partial charge in [-0.15, -0.1) is 18.2 Å². The van der Waals surface area contributed by atoms with E-state index in [0.29, 0.717) is 30.1 Å². The number of hydrogen-bond acceptors (Lipinski definition) is 4. The summed E-state index contributed by atoms with van der Waals surface area (Å²) in [7, 11) is 0. The molecular weight excluding hydrogens is 376 g/mol. The number of thioether (sulfide) groups is 1. The van der Waals surface area contributed by atoms with Crippen molar-refractivity contribution in [1.82, 2.24) is 4.57 Å². The van der Waals surface area contributed by atoms with E-state index in [1.807, 2.05) is 60.0 Å². The van der Waals surface area contributed by atoms with Crippen molar-refractivity contribution >= 4 is 39.2 Å². The lowest BCUT2D eigenvalue weighted by atomic mass is 10.3. The van der Waals surface area contributed by atoms with Crippen LogP contribution >= 0.6 is 23.1 Å². The molecule has 0 radical (unpaired) electrons. The first kappa shape index (κ1) is 19.3. The van der Waals surface area contributed by atoms with E-state index < -0.39 is 0 Å². The molecule has 0 unspecified atom stereocenters. The van der Waals surface area contributed by atoms with Crippen molar-refractivity contribution in [3.05, 3.63) is 53.3 Å². The molecule has 0 spiro atoms. The molecule has 2 aromatic carbocycles. The van der Waals surface area contributed by atoms with Crippen LogP contribution in [0.4, 0.5) is 0 Å². The van der Waals surface area contributed by atoms with E-state index in [9.17, 15) is 4.79 Å². The van der Waals surface area contributed by atoms with Gasteiger partial charge in [-0.05, 0) is 37.3 Å². The van der Waals surface area contributed by atoms with Gasteiger partial charge in [0, 0.05) is 17.1 Å². The fourth-order valence-electron chi connectivity index (χ4n) is 2.57. The van der Waals surface area contributed by atoms with Crippen LogP contribution in [-0.4, -0.2) is 22.8 Å². The van der Waals surface area contributed by atoms with Gasteiger partial charge in [-0.3, -0.25) is 4.79 Å². The molecule has 0 bridgehead atoms. The Bertz CT molecular complexity index is 1030. The highest BCUT2D eigenvalue weighted by atomic mass is 32.2. The first-order valence-electron chi connectivity index (χ1n) is 8.66. The van der Waals surface area contributed by atoms with Crippen LogP contribution < -0.4 is 9.54 Å². The SMILES string of the molecule is C#CCn1c(=NC(=O)CCSc2ccccc2)sc2cc(OCC)ccc21. The van der Waals surface area contributed by atoms with Crippen LogP contribution in [0.25, 0.3) is 10.2 Å². The van der Waals surface area contributed by atoms with Gasteiger partial charge in [0.1, 0.15) is 5.75 Å². The largest absolute Gasteiger partial charge is 0.494 e. The number of nitrogens with zero attached hydrogens (tertiary/aromatic N) is 2. The third-order valence-electron chi connectivity index (χ3n) is 3.76. The number of benzene rings is 2. The van der Waals surface area contributed by atoms with Crippen LogP contribution in [0.15, 0.2) is 58.4 Å². The van der Waals surface area contributed by atoms with Crippen molar-refractivity contribution in [2.24, 2.45) is 4.99 Å². The molecule has 1 amide bonds. The van der Waals surface area contributed by atoms with Crippen molar-refractivity contribution < 1.29 is 9.53 Å². The Morgan fingerprint density at radius 2 is 2.11 bits per heavy atom. The third-order valence-corrected chi connectivity index (χ3v) is 5.82. The first-order chi connectivity index (χ1) is 13.2. The summed E-state index contributed by atoms with van der Waals surface area (Å²) in [6.45, 7) is 2.93. The topological polar surface area (TPSA) is 43.6 Å². The highest BCUT2D eigenvalue weighted by molar-refractivity contribution is 7.99. The summed E-state index contributed by atoms with van der Waals surface area (Å²) in [5.74, 6) is 4.00. The molecule has 1 heterocycles. The smallest absolute Gasteiger partial charge is 0.249 e. The number of carbonyl (C=O) groups excluding carboxylic acids is 1. The number of amides is 1. The zero-order valence-corrected chi connectivity index (χ0v) is 16.7. The summed E-state index contributed by atoms with van der Waals surface area (Å²) in [6.07, 6.45) is 5.89. The lowest BCUT2D eigenvalue weighted by Crippen LogP contribution is -2.16. The van der Waals surface area contributed by atoms with E-state index in [2.05, 4.69) is 10.9 Å². The summed E-state index contributed by atoms with van der Waals surface area (Å²) in [5, 5.41) is 0. The molecule has 3 aromatic rings. The van der Waals surface area contributed by atoms with Gasteiger partial charge >= 0.3 is 0 Å². The standard InChI is InChI=1S/C21H20N2O2S2/c1-3-13-23-18-11-10-16(25-4-2)15-19(18)27-21(23)22-20(24)12-14-26-17-8-6-5-7-9-17/h1,5-11,15H,4,12-14H2,2H3. The Hall–Kier alpha value is -2.49. The van der Waals surface area contributed by atoms with Gasteiger partial charge in [0.25, 0.3) is 0 Å². The molecule has 0 fully saturated rings. The lowest BCUT2D eigenvalue weighted by molar-refractivity contribution is -0.117. The minimum absolute atomic E-state index is 0.138. The van der Waals surface area contributed by atoms with Gasteiger partial charge < -0.3 is 9.30 Å².